The predicted octanol–water partition coefficient (Wildman–Crippen LogP) is 3.01. The van der Waals surface area contributed by atoms with E-state index in [1.807, 2.05) is 19.9 Å². The number of hydrogen-bond acceptors (Lipinski definition) is 6. The summed E-state index contributed by atoms with van der Waals surface area (Å²) in [5.41, 5.74) is 14.2. The van der Waals surface area contributed by atoms with Gasteiger partial charge in [-0.05, 0) is 43.9 Å². The van der Waals surface area contributed by atoms with Crippen LogP contribution < -0.4 is 22.1 Å². The van der Waals surface area contributed by atoms with Crippen LogP contribution in [0.15, 0.2) is 18.3 Å². The topological polar surface area (TPSA) is 119 Å². The van der Waals surface area contributed by atoms with Gasteiger partial charge in [0.15, 0.2) is 11.6 Å². The number of primary amides is 1. The molecule has 0 bridgehead atoms. The summed E-state index contributed by atoms with van der Waals surface area (Å²) in [5, 5.41) is 6.15. The van der Waals surface area contributed by atoms with Crippen molar-refractivity contribution in [3.8, 4) is 0 Å². The molecule has 150 valence electrons. The lowest BCUT2D eigenvalue weighted by molar-refractivity contribution is 0.100. The van der Waals surface area contributed by atoms with E-state index in [0.29, 0.717) is 5.69 Å². The highest BCUT2D eigenvalue weighted by atomic mass is 19.1. The third-order valence-electron chi connectivity index (χ3n) is 5.17. The van der Waals surface area contributed by atoms with E-state index in [2.05, 4.69) is 20.6 Å². The molecule has 0 saturated heterocycles. The number of rotatable bonds is 6. The summed E-state index contributed by atoms with van der Waals surface area (Å²) in [4.78, 5) is 20.5. The number of aromatic nitrogens is 2. The van der Waals surface area contributed by atoms with Gasteiger partial charge in [-0.1, -0.05) is 19.8 Å². The van der Waals surface area contributed by atoms with E-state index >= 15 is 0 Å². The van der Waals surface area contributed by atoms with Crippen molar-refractivity contribution >= 4 is 23.2 Å². The number of pyridine rings is 2. The lowest BCUT2D eigenvalue weighted by Crippen LogP contribution is -2.43. The second-order valence-electron chi connectivity index (χ2n) is 7.24. The molecule has 8 heteroatoms. The normalized spacial score (nSPS) is 19.3. The Morgan fingerprint density at radius 1 is 1.29 bits per heavy atom. The van der Waals surface area contributed by atoms with E-state index in [4.69, 9.17) is 11.5 Å². The molecule has 0 spiro atoms. The SMILES string of the molecule is CCc1ncc(Nc2nc(N[C@@H]3CCCC[C@@H]3N)c(F)cc2C(N)=O)cc1C. The number of carbonyl (C=O) groups excluding carboxylic acids is 1. The average molecular weight is 386 g/mol. The minimum absolute atomic E-state index is 0.0202. The van der Waals surface area contributed by atoms with Gasteiger partial charge in [-0.3, -0.25) is 9.78 Å². The fourth-order valence-corrected chi connectivity index (χ4v) is 3.57. The molecule has 2 aromatic rings. The Labute approximate surface area is 164 Å². The third-order valence-corrected chi connectivity index (χ3v) is 5.17. The largest absolute Gasteiger partial charge is 0.365 e. The number of halogens is 1. The zero-order chi connectivity index (χ0) is 20.3. The molecule has 28 heavy (non-hydrogen) atoms. The van der Waals surface area contributed by atoms with Gasteiger partial charge in [0.1, 0.15) is 5.82 Å². The van der Waals surface area contributed by atoms with Gasteiger partial charge in [0.25, 0.3) is 5.91 Å². The molecule has 1 aliphatic carbocycles. The third kappa shape index (κ3) is 4.39. The van der Waals surface area contributed by atoms with Crippen LogP contribution in [-0.2, 0) is 6.42 Å². The number of nitrogens with two attached hydrogens (primary N) is 2. The quantitative estimate of drug-likeness (QED) is 0.606. The van der Waals surface area contributed by atoms with Crippen LogP contribution >= 0.6 is 0 Å². The molecular weight excluding hydrogens is 359 g/mol. The maximum atomic E-state index is 14.6. The molecule has 7 nitrogen and oxygen atoms in total. The minimum atomic E-state index is -0.760. The molecule has 3 rings (SSSR count). The zero-order valence-electron chi connectivity index (χ0n) is 16.3. The first-order chi connectivity index (χ1) is 13.4. The number of carbonyl (C=O) groups is 1. The van der Waals surface area contributed by atoms with Crippen LogP contribution in [0.2, 0.25) is 0 Å². The van der Waals surface area contributed by atoms with Gasteiger partial charge >= 0.3 is 0 Å². The summed E-state index contributed by atoms with van der Waals surface area (Å²) in [7, 11) is 0. The molecule has 6 N–H and O–H groups in total. The molecular formula is C20H27FN6O. The number of amides is 1. The molecule has 1 saturated carbocycles. The lowest BCUT2D eigenvalue weighted by atomic mass is 9.91. The van der Waals surface area contributed by atoms with Crippen molar-refractivity contribution < 1.29 is 9.18 Å². The van der Waals surface area contributed by atoms with Gasteiger partial charge < -0.3 is 22.1 Å². The van der Waals surface area contributed by atoms with Crippen molar-refractivity contribution in [2.24, 2.45) is 11.5 Å². The summed E-state index contributed by atoms with van der Waals surface area (Å²) in [6.07, 6.45) is 6.33. The Kier molecular flexibility index (Phi) is 6.08. The number of nitrogens with zero attached hydrogens (tertiary/aromatic N) is 2. The first-order valence-electron chi connectivity index (χ1n) is 9.64. The maximum absolute atomic E-state index is 14.6. The van der Waals surface area contributed by atoms with E-state index in [1.165, 1.54) is 0 Å². The predicted molar refractivity (Wildman–Crippen MR) is 108 cm³/mol. The van der Waals surface area contributed by atoms with Crippen molar-refractivity contribution in [2.75, 3.05) is 10.6 Å². The molecule has 1 amide bonds. The second-order valence-corrected chi connectivity index (χ2v) is 7.24. The number of aryl methyl sites for hydroxylation is 2. The van der Waals surface area contributed by atoms with Gasteiger partial charge in [0.2, 0.25) is 0 Å². The Morgan fingerprint density at radius 2 is 2.04 bits per heavy atom. The highest BCUT2D eigenvalue weighted by Crippen LogP contribution is 2.27. The monoisotopic (exact) mass is 386 g/mol. The number of nitrogens with one attached hydrogen (secondary N) is 2. The second kappa shape index (κ2) is 8.52. The Morgan fingerprint density at radius 3 is 2.68 bits per heavy atom. The first kappa shape index (κ1) is 20.0. The molecule has 2 atom stereocenters. The van der Waals surface area contributed by atoms with E-state index in [-0.39, 0.29) is 29.3 Å². The van der Waals surface area contributed by atoms with E-state index < -0.39 is 11.7 Å². The lowest BCUT2D eigenvalue weighted by Gasteiger charge is -2.30. The van der Waals surface area contributed by atoms with Gasteiger partial charge in [-0.25, -0.2) is 9.37 Å². The van der Waals surface area contributed by atoms with Crippen molar-refractivity contribution in [1.29, 1.82) is 0 Å². The molecule has 0 aliphatic heterocycles. The molecule has 0 aromatic carbocycles. The van der Waals surface area contributed by atoms with Gasteiger partial charge in [-0.2, -0.15) is 0 Å². The highest BCUT2D eigenvalue weighted by molar-refractivity contribution is 5.98. The molecule has 1 fully saturated rings. The standard InChI is InChI=1S/C20H27FN6O/c1-3-16-11(2)8-12(10-24-16)25-19-13(18(23)28)9-14(21)20(27-19)26-17-7-5-4-6-15(17)22/h8-10,15,17H,3-7,22H2,1-2H3,(H2,23,28)(H2,25,26,27)/t15-,17+/m0/s1. The smallest absolute Gasteiger partial charge is 0.252 e. The molecule has 2 heterocycles. The molecule has 2 aromatic heterocycles. The maximum Gasteiger partial charge on any atom is 0.252 e. The fourth-order valence-electron chi connectivity index (χ4n) is 3.57. The van der Waals surface area contributed by atoms with Crippen LogP contribution in [0.3, 0.4) is 0 Å². The first-order valence-corrected chi connectivity index (χ1v) is 9.64. The summed E-state index contributed by atoms with van der Waals surface area (Å²) in [6.45, 7) is 3.99. The Balaban J connectivity index is 1.92. The van der Waals surface area contributed by atoms with Crippen LogP contribution in [0.4, 0.5) is 21.7 Å². The van der Waals surface area contributed by atoms with Crippen LogP contribution in [0.5, 0.6) is 0 Å². The molecule has 0 radical (unpaired) electrons. The van der Waals surface area contributed by atoms with E-state index in [0.717, 1.165) is 49.4 Å². The van der Waals surface area contributed by atoms with Crippen molar-refractivity contribution in [3.05, 3.63) is 41.0 Å². The van der Waals surface area contributed by atoms with Crippen LogP contribution in [0.25, 0.3) is 0 Å². The summed E-state index contributed by atoms with van der Waals surface area (Å²) < 4.78 is 14.6. The van der Waals surface area contributed by atoms with Crippen molar-refractivity contribution in [2.45, 2.75) is 58.0 Å². The number of anilines is 3. The highest BCUT2D eigenvalue weighted by Gasteiger charge is 2.24. The van der Waals surface area contributed by atoms with E-state index in [1.54, 1.807) is 6.20 Å². The van der Waals surface area contributed by atoms with Gasteiger partial charge in [0, 0.05) is 17.8 Å². The molecule has 0 unspecified atom stereocenters. The van der Waals surface area contributed by atoms with Crippen molar-refractivity contribution in [3.63, 3.8) is 0 Å². The van der Waals surface area contributed by atoms with Crippen LogP contribution in [0.1, 0.15) is 54.2 Å². The molecule has 1 aliphatic rings. The summed E-state index contributed by atoms with van der Waals surface area (Å²) >= 11 is 0. The number of hydrogen-bond donors (Lipinski definition) is 4. The zero-order valence-corrected chi connectivity index (χ0v) is 16.3. The Hall–Kier alpha value is -2.74. The summed E-state index contributed by atoms with van der Waals surface area (Å²) in [5.74, 6) is -1.15. The fraction of sp³-hybridized carbons (Fsp3) is 0.450. The van der Waals surface area contributed by atoms with Gasteiger partial charge in [-0.15, -0.1) is 0 Å². The summed E-state index contributed by atoms with van der Waals surface area (Å²) in [6, 6.07) is 2.90. The van der Waals surface area contributed by atoms with Crippen LogP contribution in [0, 0.1) is 12.7 Å². The van der Waals surface area contributed by atoms with E-state index in [9.17, 15) is 9.18 Å². The van der Waals surface area contributed by atoms with Gasteiger partial charge in [0.05, 0.1) is 17.4 Å². The minimum Gasteiger partial charge on any atom is -0.365 e. The average Bonchev–Trinajstić information content (AvgIpc) is 2.66. The Bertz CT molecular complexity index is 872. The van der Waals surface area contributed by atoms with Crippen LogP contribution in [-0.4, -0.2) is 28.0 Å². The van der Waals surface area contributed by atoms with Crippen molar-refractivity contribution in [1.82, 2.24) is 9.97 Å².